The van der Waals surface area contributed by atoms with E-state index in [1.807, 2.05) is 29.8 Å². The van der Waals surface area contributed by atoms with Gasteiger partial charge in [-0.05, 0) is 29.3 Å². The van der Waals surface area contributed by atoms with E-state index in [0.717, 1.165) is 10.4 Å². The molecule has 0 aromatic carbocycles. The lowest BCUT2D eigenvalue weighted by Crippen LogP contribution is -2.29. The van der Waals surface area contributed by atoms with Gasteiger partial charge in [-0.15, -0.1) is 11.3 Å². The maximum Gasteiger partial charge on any atom is 0.305 e. The second-order valence-electron chi connectivity index (χ2n) is 4.11. The predicted octanol–water partition coefficient (Wildman–Crippen LogP) is 3.06. The van der Waals surface area contributed by atoms with E-state index in [2.05, 4.69) is 5.32 Å². The number of carbonyl (C=O) groups is 2. The molecule has 2 N–H and O–H groups in total. The maximum atomic E-state index is 12.1. The summed E-state index contributed by atoms with van der Waals surface area (Å²) in [6.07, 6.45) is -0.116. The van der Waals surface area contributed by atoms with Crippen LogP contribution in [0.3, 0.4) is 0 Å². The van der Waals surface area contributed by atoms with Crippen molar-refractivity contribution in [2.75, 3.05) is 0 Å². The second kappa shape index (κ2) is 5.99. The zero-order valence-electron chi connectivity index (χ0n) is 10.3. The summed E-state index contributed by atoms with van der Waals surface area (Å²) in [6, 6.07) is 3.19. The van der Waals surface area contributed by atoms with Gasteiger partial charge >= 0.3 is 5.97 Å². The van der Waals surface area contributed by atoms with E-state index in [1.54, 1.807) is 5.38 Å². The van der Waals surface area contributed by atoms with Crippen LogP contribution in [0.2, 0.25) is 0 Å². The van der Waals surface area contributed by atoms with Crippen LogP contribution in [0.1, 0.15) is 33.3 Å². The van der Waals surface area contributed by atoms with Gasteiger partial charge in [-0.1, -0.05) is 6.07 Å². The maximum absolute atomic E-state index is 12.1. The van der Waals surface area contributed by atoms with Crippen LogP contribution in [0.25, 0.3) is 0 Å². The fourth-order valence-electron chi connectivity index (χ4n) is 1.72. The molecule has 0 bridgehead atoms. The number of thiophene rings is 2. The highest BCUT2D eigenvalue weighted by Gasteiger charge is 2.20. The van der Waals surface area contributed by atoms with E-state index in [-0.39, 0.29) is 12.3 Å². The molecule has 0 aliphatic rings. The van der Waals surface area contributed by atoms with E-state index in [4.69, 9.17) is 5.11 Å². The second-order valence-corrected chi connectivity index (χ2v) is 5.83. The van der Waals surface area contributed by atoms with Gasteiger partial charge in [0, 0.05) is 10.3 Å². The summed E-state index contributed by atoms with van der Waals surface area (Å²) in [6.45, 7) is 1.86. The topological polar surface area (TPSA) is 66.4 Å². The molecule has 0 fully saturated rings. The molecule has 2 aromatic heterocycles. The van der Waals surface area contributed by atoms with Gasteiger partial charge in [0.1, 0.15) is 0 Å². The van der Waals surface area contributed by atoms with Gasteiger partial charge in [-0.3, -0.25) is 9.59 Å². The van der Waals surface area contributed by atoms with Gasteiger partial charge in [0.2, 0.25) is 0 Å². The largest absolute Gasteiger partial charge is 0.481 e. The number of rotatable bonds is 5. The van der Waals surface area contributed by atoms with Crippen molar-refractivity contribution in [3.8, 4) is 0 Å². The molecule has 1 atom stereocenters. The number of nitrogens with one attached hydrogen (secondary N) is 1. The predicted molar refractivity (Wildman–Crippen MR) is 75.8 cm³/mol. The van der Waals surface area contributed by atoms with Gasteiger partial charge in [0.05, 0.1) is 18.0 Å². The van der Waals surface area contributed by atoms with Gasteiger partial charge < -0.3 is 10.4 Å². The first kappa shape index (κ1) is 13.8. The Bertz CT molecular complexity index is 574. The van der Waals surface area contributed by atoms with Crippen molar-refractivity contribution in [3.63, 3.8) is 0 Å². The Labute approximate surface area is 118 Å². The monoisotopic (exact) mass is 295 g/mol. The summed E-state index contributed by atoms with van der Waals surface area (Å²) in [5, 5.41) is 17.3. The molecular formula is C13H13NO3S2. The lowest BCUT2D eigenvalue weighted by molar-refractivity contribution is -0.137. The molecule has 0 saturated carbocycles. The number of carbonyl (C=O) groups excluding carboxylic acids is 1. The third-order valence-electron chi connectivity index (χ3n) is 2.67. The van der Waals surface area contributed by atoms with E-state index >= 15 is 0 Å². The van der Waals surface area contributed by atoms with Crippen molar-refractivity contribution in [1.82, 2.24) is 5.32 Å². The van der Waals surface area contributed by atoms with Crippen LogP contribution in [0, 0.1) is 6.92 Å². The van der Waals surface area contributed by atoms with Gasteiger partial charge in [-0.25, -0.2) is 0 Å². The first-order valence-corrected chi connectivity index (χ1v) is 7.49. The molecule has 0 aliphatic heterocycles. The molecule has 6 heteroatoms. The lowest BCUT2D eigenvalue weighted by Gasteiger charge is -2.15. The third kappa shape index (κ3) is 3.42. The molecule has 4 nitrogen and oxygen atoms in total. The van der Waals surface area contributed by atoms with E-state index < -0.39 is 12.0 Å². The van der Waals surface area contributed by atoms with Crippen LogP contribution in [-0.2, 0) is 4.79 Å². The summed E-state index contributed by atoms with van der Waals surface area (Å²) in [7, 11) is 0. The van der Waals surface area contributed by atoms with Crippen molar-refractivity contribution >= 4 is 34.6 Å². The minimum absolute atomic E-state index is 0.116. The van der Waals surface area contributed by atoms with Gasteiger partial charge in [0.25, 0.3) is 5.91 Å². The normalized spacial score (nSPS) is 12.1. The number of hydrogen-bond donors (Lipinski definition) is 2. The van der Waals surface area contributed by atoms with E-state index in [1.165, 1.54) is 22.7 Å². The zero-order valence-corrected chi connectivity index (χ0v) is 11.9. The summed E-state index contributed by atoms with van der Waals surface area (Å²) >= 11 is 2.90. The quantitative estimate of drug-likeness (QED) is 0.891. The van der Waals surface area contributed by atoms with Crippen molar-refractivity contribution in [2.24, 2.45) is 0 Å². The fourth-order valence-corrected chi connectivity index (χ4v) is 3.32. The molecule has 2 aromatic rings. The Morgan fingerprint density at radius 3 is 2.74 bits per heavy atom. The van der Waals surface area contributed by atoms with Crippen molar-refractivity contribution in [2.45, 2.75) is 19.4 Å². The molecule has 0 radical (unpaired) electrons. The van der Waals surface area contributed by atoms with Crippen molar-refractivity contribution in [1.29, 1.82) is 0 Å². The van der Waals surface area contributed by atoms with Crippen LogP contribution in [0.5, 0.6) is 0 Å². The number of aryl methyl sites for hydroxylation is 1. The molecule has 0 saturated heterocycles. The fraction of sp³-hybridized carbons (Fsp3) is 0.231. The Hall–Kier alpha value is -1.66. The summed E-state index contributed by atoms with van der Waals surface area (Å²) in [5.41, 5.74) is 1.51. The molecule has 0 unspecified atom stereocenters. The Balaban J connectivity index is 2.15. The van der Waals surface area contributed by atoms with E-state index in [0.29, 0.717) is 5.56 Å². The molecule has 0 aliphatic carbocycles. The van der Waals surface area contributed by atoms with Crippen LogP contribution in [0.4, 0.5) is 0 Å². The molecular weight excluding hydrogens is 282 g/mol. The first-order chi connectivity index (χ1) is 9.08. The summed E-state index contributed by atoms with van der Waals surface area (Å²) < 4.78 is 0. The van der Waals surface area contributed by atoms with Crippen LogP contribution in [0.15, 0.2) is 28.3 Å². The standard InChI is InChI=1S/C13H13NO3S2/c1-8-6-18-7-9(8)13(17)14-10(5-12(15)16)11-3-2-4-19-11/h2-4,6-7,10H,5H2,1H3,(H,14,17)(H,15,16)/t10-/m1/s1. The van der Waals surface area contributed by atoms with E-state index in [9.17, 15) is 9.59 Å². The van der Waals surface area contributed by atoms with Crippen LogP contribution >= 0.6 is 22.7 Å². The lowest BCUT2D eigenvalue weighted by atomic mass is 10.1. The highest BCUT2D eigenvalue weighted by molar-refractivity contribution is 7.10. The van der Waals surface area contributed by atoms with Crippen LogP contribution < -0.4 is 5.32 Å². The minimum atomic E-state index is -0.930. The smallest absolute Gasteiger partial charge is 0.305 e. The minimum Gasteiger partial charge on any atom is -0.481 e. The molecule has 0 spiro atoms. The van der Waals surface area contributed by atoms with Crippen LogP contribution in [-0.4, -0.2) is 17.0 Å². The number of aliphatic carboxylic acids is 1. The number of carboxylic acids is 1. The average Bonchev–Trinajstić information content (AvgIpc) is 2.97. The highest BCUT2D eigenvalue weighted by Crippen LogP contribution is 2.23. The van der Waals surface area contributed by atoms with Crippen molar-refractivity contribution in [3.05, 3.63) is 44.3 Å². The Kier molecular flexibility index (Phi) is 4.34. The number of amides is 1. The average molecular weight is 295 g/mol. The number of hydrogen-bond acceptors (Lipinski definition) is 4. The number of carboxylic acid groups (broad SMARTS) is 1. The summed E-state index contributed by atoms with van der Waals surface area (Å²) in [4.78, 5) is 23.9. The first-order valence-electron chi connectivity index (χ1n) is 5.66. The molecule has 1 amide bonds. The molecule has 2 rings (SSSR count). The molecule has 19 heavy (non-hydrogen) atoms. The molecule has 2 heterocycles. The highest BCUT2D eigenvalue weighted by atomic mass is 32.1. The molecule has 100 valence electrons. The Morgan fingerprint density at radius 1 is 1.42 bits per heavy atom. The van der Waals surface area contributed by atoms with Crippen molar-refractivity contribution < 1.29 is 14.7 Å². The third-order valence-corrected chi connectivity index (χ3v) is 4.52. The zero-order chi connectivity index (χ0) is 13.8. The SMILES string of the molecule is Cc1cscc1C(=O)N[C@H](CC(=O)O)c1cccs1. The van der Waals surface area contributed by atoms with Gasteiger partial charge in [-0.2, -0.15) is 11.3 Å². The summed E-state index contributed by atoms with van der Waals surface area (Å²) in [5.74, 6) is -1.15. The Morgan fingerprint density at radius 2 is 2.21 bits per heavy atom. The van der Waals surface area contributed by atoms with Gasteiger partial charge in [0.15, 0.2) is 0 Å².